The zero-order valence-corrected chi connectivity index (χ0v) is 10.6. The van der Waals surface area contributed by atoms with Gasteiger partial charge in [0.15, 0.2) is 0 Å². The Balaban J connectivity index is 1.99. The molecule has 0 aromatic carbocycles. The molecule has 0 bridgehead atoms. The van der Waals surface area contributed by atoms with Crippen LogP contribution in [0, 0.1) is 5.92 Å². The first-order chi connectivity index (χ1) is 8.29. The van der Waals surface area contributed by atoms with Crippen LogP contribution in [0.15, 0.2) is 12.3 Å². The van der Waals surface area contributed by atoms with Gasteiger partial charge in [0.2, 0.25) is 11.8 Å². The Bertz CT molecular complexity index is 356. The van der Waals surface area contributed by atoms with Crippen molar-refractivity contribution in [3.63, 3.8) is 0 Å². The van der Waals surface area contributed by atoms with Crippen LogP contribution in [0.3, 0.4) is 0 Å². The molecule has 2 atom stereocenters. The molecule has 17 heavy (non-hydrogen) atoms. The Morgan fingerprint density at radius 3 is 3.00 bits per heavy atom. The fraction of sp³-hybridized carbons (Fsp3) is 0.692. The number of hydrogen-bond donors (Lipinski definition) is 1. The first-order valence-corrected chi connectivity index (χ1v) is 6.52. The molecule has 0 radical (unpaired) electrons. The molecule has 4 heteroatoms. The molecule has 4 nitrogen and oxygen atoms in total. The van der Waals surface area contributed by atoms with Crippen LogP contribution in [0.1, 0.15) is 39.5 Å². The van der Waals surface area contributed by atoms with Crippen LogP contribution < -0.4 is 10.1 Å². The minimum Gasteiger partial charge on any atom is -0.478 e. The number of ether oxygens (including phenoxy) is 1. The van der Waals surface area contributed by atoms with Crippen LogP contribution in [-0.2, 0) is 0 Å². The minimum atomic E-state index is 0.501. The SMILES string of the molecule is CCOc1ccnc(NC2CCCCC2C)n1. The summed E-state index contributed by atoms with van der Waals surface area (Å²) in [4.78, 5) is 8.59. The molecule has 1 heterocycles. The van der Waals surface area contributed by atoms with Crippen LogP contribution in [0.25, 0.3) is 0 Å². The first-order valence-electron chi connectivity index (χ1n) is 6.52. The van der Waals surface area contributed by atoms with E-state index >= 15 is 0 Å². The molecule has 0 aliphatic heterocycles. The van der Waals surface area contributed by atoms with Crippen molar-refractivity contribution in [2.45, 2.75) is 45.6 Å². The van der Waals surface area contributed by atoms with Crippen LogP contribution >= 0.6 is 0 Å². The average molecular weight is 235 g/mol. The summed E-state index contributed by atoms with van der Waals surface area (Å²) in [5.74, 6) is 2.03. The van der Waals surface area contributed by atoms with Gasteiger partial charge in [0.25, 0.3) is 0 Å². The van der Waals surface area contributed by atoms with E-state index in [-0.39, 0.29) is 0 Å². The molecule has 1 aromatic heterocycles. The third-order valence-electron chi connectivity index (χ3n) is 3.35. The van der Waals surface area contributed by atoms with Gasteiger partial charge in [0, 0.05) is 18.3 Å². The maximum atomic E-state index is 5.37. The molecule has 1 aromatic rings. The highest BCUT2D eigenvalue weighted by Crippen LogP contribution is 2.26. The fourth-order valence-electron chi connectivity index (χ4n) is 2.34. The lowest BCUT2D eigenvalue weighted by Crippen LogP contribution is -2.31. The number of anilines is 1. The molecule has 1 fully saturated rings. The standard InChI is InChI=1S/C13H21N3O/c1-3-17-12-8-9-14-13(16-12)15-11-7-5-4-6-10(11)2/h8-11H,3-7H2,1-2H3,(H,14,15,16). The van der Waals surface area contributed by atoms with E-state index < -0.39 is 0 Å². The first kappa shape index (κ1) is 12.1. The highest BCUT2D eigenvalue weighted by molar-refractivity contribution is 5.29. The summed E-state index contributed by atoms with van der Waals surface area (Å²) in [6.07, 6.45) is 6.90. The predicted molar refractivity (Wildman–Crippen MR) is 68.2 cm³/mol. The van der Waals surface area contributed by atoms with Gasteiger partial charge in [-0.3, -0.25) is 0 Å². The smallest absolute Gasteiger partial charge is 0.226 e. The molecular formula is C13H21N3O. The van der Waals surface area contributed by atoms with Crippen molar-refractivity contribution < 1.29 is 4.74 Å². The number of rotatable bonds is 4. The van der Waals surface area contributed by atoms with Gasteiger partial charge in [0.05, 0.1) is 6.61 Å². The molecule has 1 saturated carbocycles. The molecule has 2 unspecified atom stereocenters. The normalized spacial score (nSPS) is 24.4. The zero-order valence-electron chi connectivity index (χ0n) is 10.6. The van der Waals surface area contributed by atoms with E-state index in [1.165, 1.54) is 25.7 Å². The highest BCUT2D eigenvalue weighted by Gasteiger charge is 2.21. The van der Waals surface area contributed by atoms with Crippen LogP contribution in [0.2, 0.25) is 0 Å². The van der Waals surface area contributed by atoms with Crippen molar-refractivity contribution in [2.75, 3.05) is 11.9 Å². The minimum absolute atomic E-state index is 0.501. The van der Waals surface area contributed by atoms with E-state index in [0.29, 0.717) is 30.4 Å². The molecule has 0 amide bonds. The lowest BCUT2D eigenvalue weighted by atomic mass is 9.86. The number of aromatic nitrogens is 2. The number of hydrogen-bond acceptors (Lipinski definition) is 4. The molecule has 2 rings (SSSR count). The molecular weight excluding hydrogens is 214 g/mol. The quantitative estimate of drug-likeness (QED) is 0.871. The van der Waals surface area contributed by atoms with E-state index in [1.807, 2.05) is 6.92 Å². The van der Waals surface area contributed by atoms with Crippen molar-refractivity contribution in [1.82, 2.24) is 9.97 Å². The monoisotopic (exact) mass is 235 g/mol. The second kappa shape index (κ2) is 5.84. The van der Waals surface area contributed by atoms with Crippen molar-refractivity contribution >= 4 is 5.95 Å². The second-order valence-electron chi connectivity index (χ2n) is 4.66. The lowest BCUT2D eigenvalue weighted by Gasteiger charge is -2.29. The van der Waals surface area contributed by atoms with Gasteiger partial charge in [0.1, 0.15) is 0 Å². The second-order valence-corrected chi connectivity index (χ2v) is 4.66. The van der Waals surface area contributed by atoms with Crippen molar-refractivity contribution in [3.8, 4) is 5.88 Å². The van der Waals surface area contributed by atoms with Crippen molar-refractivity contribution in [2.24, 2.45) is 5.92 Å². The number of nitrogens with zero attached hydrogens (tertiary/aromatic N) is 2. The van der Waals surface area contributed by atoms with Crippen LogP contribution in [0.4, 0.5) is 5.95 Å². The Kier molecular flexibility index (Phi) is 4.18. The Labute approximate surface area is 103 Å². The molecule has 1 aliphatic carbocycles. The third-order valence-corrected chi connectivity index (χ3v) is 3.35. The van der Waals surface area contributed by atoms with Gasteiger partial charge in [-0.2, -0.15) is 4.98 Å². The largest absolute Gasteiger partial charge is 0.478 e. The molecule has 1 N–H and O–H groups in total. The summed E-state index contributed by atoms with van der Waals surface area (Å²) in [5.41, 5.74) is 0. The summed E-state index contributed by atoms with van der Waals surface area (Å²) < 4.78 is 5.37. The Hall–Kier alpha value is -1.32. The fourth-order valence-corrected chi connectivity index (χ4v) is 2.34. The maximum Gasteiger partial charge on any atom is 0.226 e. The Morgan fingerprint density at radius 2 is 2.24 bits per heavy atom. The van der Waals surface area contributed by atoms with E-state index in [4.69, 9.17) is 4.74 Å². The van der Waals surface area contributed by atoms with Gasteiger partial charge in [-0.05, 0) is 25.7 Å². The molecule has 0 saturated heterocycles. The Morgan fingerprint density at radius 1 is 1.41 bits per heavy atom. The van der Waals surface area contributed by atoms with Gasteiger partial charge >= 0.3 is 0 Å². The van der Waals surface area contributed by atoms with Gasteiger partial charge in [-0.1, -0.05) is 19.8 Å². The third kappa shape index (κ3) is 3.32. The van der Waals surface area contributed by atoms with E-state index in [9.17, 15) is 0 Å². The van der Waals surface area contributed by atoms with Crippen molar-refractivity contribution in [1.29, 1.82) is 0 Å². The predicted octanol–water partition coefficient (Wildman–Crippen LogP) is 2.87. The maximum absolute atomic E-state index is 5.37. The van der Waals surface area contributed by atoms with Gasteiger partial charge < -0.3 is 10.1 Å². The zero-order chi connectivity index (χ0) is 12.1. The topological polar surface area (TPSA) is 47.0 Å². The van der Waals surface area contributed by atoms with Gasteiger partial charge in [-0.15, -0.1) is 0 Å². The summed E-state index contributed by atoms with van der Waals surface area (Å²) >= 11 is 0. The molecule has 94 valence electrons. The highest BCUT2D eigenvalue weighted by atomic mass is 16.5. The van der Waals surface area contributed by atoms with Crippen LogP contribution in [-0.4, -0.2) is 22.6 Å². The summed E-state index contributed by atoms with van der Waals surface area (Å²) in [6.45, 7) is 4.89. The van der Waals surface area contributed by atoms with Crippen LogP contribution in [0.5, 0.6) is 5.88 Å². The van der Waals surface area contributed by atoms with Crippen molar-refractivity contribution in [3.05, 3.63) is 12.3 Å². The van der Waals surface area contributed by atoms with E-state index in [0.717, 1.165) is 0 Å². The molecule has 1 aliphatic rings. The summed E-state index contributed by atoms with van der Waals surface area (Å²) in [6, 6.07) is 2.29. The van der Waals surface area contributed by atoms with E-state index in [1.54, 1.807) is 12.3 Å². The summed E-state index contributed by atoms with van der Waals surface area (Å²) in [5, 5.41) is 3.43. The van der Waals surface area contributed by atoms with E-state index in [2.05, 4.69) is 22.2 Å². The summed E-state index contributed by atoms with van der Waals surface area (Å²) in [7, 11) is 0. The molecule has 0 spiro atoms. The number of nitrogens with one attached hydrogen (secondary N) is 1. The average Bonchev–Trinajstić information content (AvgIpc) is 2.33. The van der Waals surface area contributed by atoms with Gasteiger partial charge in [-0.25, -0.2) is 4.98 Å². The lowest BCUT2D eigenvalue weighted by molar-refractivity contribution is 0.325.